The minimum atomic E-state index is 1.20. The molecule has 0 saturated carbocycles. The zero-order valence-corrected chi connectivity index (χ0v) is 32.8. The van der Waals surface area contributed by atoms with Gasteiger partial charge in [0.25, 0.3) is 0 Å². The molecule has 0 spiro atoms. The molecule has 5 aromatic rings. The zero-order valence-electron chi connectivity index (χ0n) is 32.8. The van der Waals surface area contributed by atoms with Gasteiger partial charge in [-0.1, -0.05) is 93.5 Å². The van der Waals surface area contributed by atoms with Gasteiger partial charge in [-0.3, -0.25) is 0 Å². The van der Waals surface area contributed by atoms with Crippen molar-refractivity contribution < 1.29 is 0 Å². The molecule has 46 heavy (non-hydrogen) atoms. The molecule has 0 amide bonds. The normalized spacial score (nSPS) is 9.52. The Morgan fingerprint density at radius 3 is 0.848 bits per heavy atom. The fourth-order valence-electron chi connectivity index (χ4n) is 5.17. The van der Waals surface area contributed by atoms with Crippen LogP contribution in [0.4, 0.5) is 22.7 Å². The number of rotatable bonds is 4. The van der Waals surface area contributed by atoms with E-state index in [-0.39, 0.29) is 0 Å². The van der Waals surface area contributed by atoms with Gasteiger partial charge in [0, 0.05) is 36.8 Å². The van der Waals surface area contributed by atoms with Crippen LogP contribution < -0.4 is 9.80 Å². The molecule has 2 nitrogen and oxygen atoms in total. The Hall–Kier alpha value is -3.78. The average molecular weight is 623 g/mol. The first-order chi connectivity index (χ1) is 22.1. The Labute approximate surface area is 284 Å². The van der Waals surface area contributed by atoms with E-state index in [4.69, 9.17) is 0 Å². The third kappa shape index (κ3) is 9.86. The standard InChI is InChI=1S/C34H36N2.5C2H6/c1-21-15-31(16-22(2)25(21)5)35(7)29-11-13-33-27(19-29)9-10-28-20-30(12-14-34(28)33)36(8)32-17-23(3)26(6)24(4)18-32;5*1-2/h9-20H,1-8H3;5*1-2H3. The van der Waals surface area contributed by atoms with E-state index in [0.29, 0.717) is 0 Å². The van der Waals surface area contributed by atoms with E-state index in [1.807, 2.05) is 69.2 Å². The topological polar surface area (TPSA) is 6.48 Å². The van der Waals surface area contributed by atoms with Crippen molar-refractivity contribution in [2.24, 2.45) is 0 Å². The molecule has 0 atom stereocenters. The first-order valence-corrected chi connectivity index (χ1v) is 17.7. The first kappa shape index (κ1) is 42.2. The zero-order chi connectivity index (χ0) is 35.7. The largest absolute Gasteiger partial charge is 0.345 e. The Morgan fingerprint density at radius 1 is 0.326 bits per heavy atom. The summed E-state index contributed by atoms with van der Waals surface area (Å²) in [6.45, 7) is 33.2. The molecule has 0 aliphatic heterocycles. The van der Waals surface area contributed by atoms with Crippen LogP contribution in [0.15, 0.2) is 72.8 Å². The summed E-state index contributed by atoms with van der Waals surface area (Å²) in [5.41, 5.74) is 12.9. The number of aryl methyl sites for hydroxylation is 4. The van der Waals surface area contributed by atoms with Crippen molar-refractivity contribution in [2.75, 3.05) is 23.9 Å². The van der Waals surface area contributed by atoms with E-state index in [0.717, 1.165) is 0 Å². The molecule has 252 valence electrons. The van der Waals surface area contributed by atoms with Crippen LogP contribution in [0.25, 0.3) is 21.5 Å². The van der Waals surface area contributed by atoms with Gasteiger partial charge in [0.2, 0.25) is 0 Å². The van der Waals surface area contributed by atoms with Gasteiger partial charge in [-0.2, -0.15) is 0 Å². The maximum atomic E-state index is 2.30. The predicted octanol–water partition coefficient (Wildman–Crippen LogP) is 14.5. The second-order valence-electron chi connectivity index (χ2n) is 10.4. The van der Waals surface area contributed by atoms with Crippen molar-refractivity contribution in [3.63, 3.8) is 0 Å². The highest BCUT2D eigenvalue weighted by atomic mass is 15.1. The van der Waals surface area contributed by atoms with Gasteiger partial charge in [0.1, 0.15) is 0 Å². The number of hydrogen-bond donors (Lipinski definition) is 0. The summed E-state index contributed by atoms with van der Waals surface area (Å²) in [7, 11) is 4.31. The number of benzene rings is 5. The van der Waals surface area contributed by atoms with Crippen LogP contribution in [0.3, 0.4) is 0 Å². The van der Waals surface area contributed by atoms with Crippen molar-refractivity contribution in [3.8, 4) is 0 Å². The number of nitrogens with zero attached hydrogens (tertiary/aromatic N) is 2. The highest BCUT2D eigenvalue weighted by Gasteiger charge is 2.12. The lowest BCUT2D eigenvalue weighted by Gasteiger charge is -2.23. The molecule has 5 aromatic carbocycles. The molecular formula is C44H66N2. The second-order valence-corrected chi connectivity index (χ2v) is 10.4. The molecule has 0 fully saturated rings. The van der Waals surface area contributed by atoms with E-state index >= 15 is 0 Å². The van der Waals surface area contributed by atoms with Crippen LogP contribution in [0, 0.1) is 41.5 Å². The minimum Gasteiger partial charge on any atom is -0.345 e. The number of anilines is 4. The Bertz CT molecular complexity index is 1460. The highest BCUT2D eigenvalue weighted by molar-refractivity contribution is 6.09. The summed E-state index contributed by atoms with van der Waals surface area (Å²) in [4.78, 5) is 4.57. The molecular weight excluding hydrogens is 556 g/mol. The third-order valence-corrected chi connectivity index (χ3v) is 8.18. The number of fused-ring (bicyclic) bond motifs is 3. The van der Waals surface area contributed by atoms with Crippen molar-refractivity contribution in [1.29, 1.82) is 0 Å². The van der Waals surface area contributed by atoms with Crippen molar-refractivity contribution in [3.05, 3.63) is 106 Å². The molecule has 0 N–H and O–H groups in total. The maximum absolute atomic E-state index is 2.30. The third-order valence-electron chi connectivity index (χ3n) is 8.18. The lowest BCUT2D eigenvalue weighted by molar-refractivity contribution is 1.17. The summed E-state index contributed by atoms with van der Waals surface area (Å²) in [6, 6.07) is 27.3. The molecule has 0 aliphatic carbocycles. The van der Waals surface area contributed by atoms with E-state index in [2.05, 4.69) is 138 Å². The lowest BCUT2D eigenvalue weighted by atomic mass is 9.99. The molecule has 0 aliphatic rings. The summed E-state index contributed by atoms with van der Waals surface area (Å²) in [6.07, 6.45) is 0. The van der Waals surface area contributed by atoms with Gasteiger partial charge in [-0.15, -0.1) is 0 Å². The highest BCUT2D eigenvalue weighted by Crippen LogP contribution is 2.35. The fourth-order valence-corrected chi connectivity index (χ4v) is 5.17. The van der Waals surface area contributed by atoms with E-state index < -0.39 is 0 Å². The average Bonchev–Trinajstić information content (AvgIpc) is 3.12. The molecule has 0 aromatic heterocycles. The Balaban J connectivity index is 0.00000185. The monoisotopic (exact) mass is 623 g/mol. The smallest absolute Gasteiger partial charge is 0.0414 e. The summed E-state index contributed by atoms with van der Waals surface area (Å²) in [5, 5.41) is 5.10. The molecule has 0 radical (unpaired) electrons. The van der Waals surface area contributed by atoms with Crippen LogP contribution in [-0.4, -0.2) is 14.1 Å². The molecule has 2 heteroatoms. The summed E-state index contributed by atoms with van der Waals surface area (Å²) in [5.74, 6) is 0. The van der Waals surface area contributed by atoms with Crippen LogP contribution >= 0.6 is 0 Å². The predicted molar refractivity (Wildman–Crippen MR) is 216 cm³/mol. The SMILES string of the molecule is CC.CC.CC.CC.CC.Cc1cc(N(C)c2ccc3c(ccc4cc(N(C)c5cc(C)c(C)c(C)c5)ccc43)c2)cc(C)c1C. The van der Waals surface area contributed by atoms with Crippen LogP contribution in [0.2, 0.25) is 0 Å². The van der Waals surface area contributed by atoms with Crippen LogP contribution in [-0.2, 0) is 0 Å². The lowest BCUT2D eigenvalue weighted by Crippen LogP contribution is -2.10. The van der Waals surface area contributed by atoms with Gasteiger partial charge in [-0.05, 0) is 145 Å². The van der Waals surface area contributed by atoms with Crippen LogP contribution in [0.1, 0.15) is 103 Å². The molecule has 0 unspecified atom stereocenters. The van der Waals surface area contributed by atoms with Gasteiger partial charge < -0.3 is 9.80 Å². The summed E-state index contributed by atoms with van der Waals surface area (Å²) >= 11 is 0. The minimum absolute atomic E-state index is 1.20. The van der Waals surface area contributed by atoms with Crippen molar-refractivity contribution >= 4 is 44.3 Å². The molecule has 5 rings (SSSR count). The van der Waals surface area contributed by atoms with Gasteiger partial charge in [0.05, 0.1) is 0 Å². The fraction of sp³-hybridized carbons (Fsp3) is 0.409. The maximum Gasteiger partial charge on any atom is 0.0414 e. The Morgan fingerprint density at radius 2 is 0.587 bits per heavy atom. The Kier molecular flexibility index (Phi) is 19.4. The van der Waals surface area contributed by atoms with Gasteiger partial charge >= 0.3 is 0 Å². The first-order valence-electron chi connectivity index (χ1n) is 17.7. The second kappa shape index (κ2) is 21.1. The molecule has 0 heterocycles. The van der Waals surface area contributed by atoms with E-state index in [1.165, 1.54) is 77.7 Å². The van der Waals surface area contributed by atoms with Crippen molar-refractivity contribution in [1.82, 2.24) is 0 Å². The van der Waals surface area contributed by atoms with E-state index in [1.54, 1.807) is 0 Å². The van der Waals surface area contributed by atoms with Gasteiger partial charge in [0.15, 0.2) is 0 Å². The molecule has 0 saturated heterocycles. The number of hydrogen-bond acceptors (Lipinski definition) is 2. The van der Waals surface area contributed by atoms with Gasteiger partial charge in [-0.25, -0.2) is 0 Å². The van der Waals surface area contributed by atoms with Crippen LogP contribution in [0.5, 0.6) is 0 Å². The molecule has 0 bridgehead atoms. The van der Waals surface area contributed by atoms with Crippen molar-refractivity contribution in [2.45, 2.75) is 111 Å². The quantitative estimate of drug-likeness (QED) is 0.184. The van der Waals surface area contributed by atoms with E-state index in [9.17, 15) is 0 Å². The summed E-state index contributed by atoms with van der Waals surface area (Å²) < 4.78 is 0.